The number of aromatic nitrogens is 3. The molecule has 0 spiro atoms. The van der Waals surface area contributed by atoms with Gasteiger partial charge in [0, 0.05) is 19.6 Å². The van der Waals surface area contributed by atoms with Crippen LogP contribution in [-0.2, 0) is 0 Å². The predicted molar refractivity (Wildman–Crippen MR) is 71.1 cm³/mol. The molecule has 0 saturated carbocycles. The lowest BCUT2D eigenvalue weighted by atomic mass is 9.94. The number of nitrogens with one attached hydrogen (secondary N) is 1. The smallest absolute Gasteiger partial charge is 0.322 e. The van der Waals surface area contributed by atoms with Crippen molar-refractivity contribution in [2.75, 3.05) is 30.9 Å². The molecule has 0 aliphatic carbocycles. The minimum atomic E-state index is 0.357. The zero-order valence-electron chi connectivity index (χ0n) is 11.5. The Labute approximate surface area is 108 Å². The fourth-order valence-electron chi connectivity index (χ4n) is 2.38. The van der Waals surface area contributed by atoms with Gasteiger partial charge in [-0.2, -0.15) is 15.0 Å². The first-order valence-electron chi connectivity index (χ1n) is 6.38. The lowest BCUT2D eigenvalue weighted by Crippen LogP contribution is -2.41. The molecule has 1 N–H and O–H groups in total. The van der Waals surface area contributed by atoms with E-state index in [-0.39, 0.29) is 0 Å². The maximum Gasteiger partial charge on any atom is 0.322 e. The third kappa shape index (κ3) is 2.63. The lowest BCUT2D eigenvalue weighted by Gasteiger charge is -2.36. The Bertz CT molecular complexity index is 389. The largest absolute Gasteiger partial charge is 0.467 e. The van der Waals surface area contributed by atoms with Crippen molar-refractivity contribution in [2.24, 2.45) is 5.92 Å². The molecule has 0 bridgehead atoms. The average molecular weight is 251 g/mol. The first-order chi connectivity index (χ1) is 8.63. The second kappa shape index (κ2) is 5.37. The van der Waals surface area contributed by atoms with Gasteiger partial charge in [-0.3, -0.25) is 0 Å². The van der Waals surface area contributed by atoms with E-state index in [4.69, 9.17) is 4.74 Å². The quantitative estimate of drug-likeness (QED) is 0.879. The van der Waals surface area contributed by atoms with Crippen LogP contribution >= 0.6 is 0 Å². The molecular weight excluding hydrogens is 230 g/mol. The minimum absolute atomic E-state index is 0.357. The van der Waals surface area contributed by atoms with Crippen LogP contribution in [0.2, 0.25) is 0 Å². The zero-order chi connectivity index (χ0) is 13.1. The van der Waals surface area contributed by atoms with Crippen molar-refractivity contribution >= 4 is 11.9 Å². The van der Waals surface area contributed by atoms with E-state index in [0.29, 0.717) is 23.9 Å². The topological polar surface area (TPSA) is 63.2 Å². The van der Waals surface area contributed by atoms with E-state index >= 15 is 0 Å². The molecule has 1 saturated heterocycles. The van der Waals surface area contributed by atoms with E-state index in [1.54, 1.807) is 14.2 Å². The van der Waals surface area contributed by atoms with Crippen LogP contribution < -0.4 is 15.0 Å². The van der Waals surface area contributed by atoms with Crippen LogP contribution in [-0.4, -0.2) is 41.7 Å². The molecule has 2 unspecified atom stereocenters. The summed E-state index contributed by atoms with van der Waals surface area (Å²) >= 11 is 0. The third-order valence-corrected chi connectivity index (χ3v) is 3.40. The van der Waals surface area contributed by atoms with E-state index in [9.17, 15) is 0 Å². The van der Waals surface area contributed by atoms with Crippen LogP contribution in [0.4, 0.5) is 11.9 Å². The minimum Gasteiger partial charge on any atom is -0.467 e. The molecule has 0 amide bonds. The summed E-state index contributed by atoms with van der Waals surface area (Å²) in [5.41, 5.74) is 0. The normalized spacial score (nSPS) is 23.9. The second-order valence-electron chi connectivity index (χ2n) is 4.87. The third-order valence-electron chi connectivity index (χ3n) is 3.40. The van der Waals surface area contributed by atoms with E-state index in [2.05, 4.69) is 39.0 Å². The summed E-state index contributed by atoms with van der Waals surface area (Å²) in [4.78, 5) is 15.1. The molecule has 1 aliphatic rings. The van der Waals surface area contributed by atoms with Crippen LogP contribution in [0.1, 0.15) is 26.7 Å². The highest BCUT2D eigenvalue weighted by Crippen LogP contribution is 2.26. The molecule has 100 valence electrons. The SMILES string of the molecule is CNc1nc(OC)nc(N2CCC(C)CC2C)n1. The van der Waals surface area contributed by atoms with Crippen LogP contribution in [0.5, 0.6) is 6.01 Å². The van der Waals surface area contributed by atoms with Crippen LogP contribution in [0.3, 0.4) is 0 Å². The van der Waals surface area contributed by atoms with E-state index in [1.807, 2.05) is 0 Å². The molecule has 1 aliphatic heterocycles. The van der Waals surface area contributed by atoms with Gasteiger partial charge >= 0.3 is 6.01 Å². The van der Waals surface area contributed by atoms with Crippen molar-refractivity contribution in [1.29, 1.82) is 0 Å². The van der Waals surface area contributed by atoms with Gasteiger partial charge in [-0.25, -0.2) is 0 Å². The van der Waals surface area contributed by atoms with Crippen LogP contribution in [0.15, 0.2) is 0 Å². The number of methoxy groups -OCH3 is 1. The molecule has 18 heavy (non-hydrogen) atoms. The van der Waals surface area contributed by atoms with E-state index in [0.717, 1.165) is 12.5 Å². The van der Waals surface area contributed by atoms with E-state index < -0.39 is 0 Å². The van der Waals surface area contributed by atoms with E-state index in [1.165, 1.54) is 12.8 Å². The Balaban J connectivity index is 2.26. The van der Waals surface area contributed by atoms with Gasteiger partial charge in [0.1, 0.15) is 0 Å². The van der Waals surface area contributed by atoms with Gasteiger partial charge in [-0.05, 0) is 25.7 Å². The monoisotopic (exact) mass is 251 g/mol. The molecule has 1 aromatic rings. The lowest BCUT2D eigenvalue weighted by molar-refractivity contribution is 0.362. The molecule has 0 radical (unpaired) electrons. The highest BCUT2D eigenvalue weighted by Gasteiger charge is 2.25. The van der Waals surface area contributed by atoms with Crippen molar-refractivity contribution in [3.05, 3.63) is 0 Å². The van der Waals surface area contributed by atoms with Crippen molar-refractivity contribution in [2.45, 2.75) is 32.7 Å². The average Bonchev–Trinajstić information content (AvgIpc) is 2.38. The molecule has 0 aromatic carbocycles. The maximum atomic E-state index is 5.12. The molecular formula is C12H21N5O. The number of anilines is 2. The highest BCUT2D eigenvalue weighted by atomic mass is 16.5. The molecule has 1 fully saturated rings. The van der Waals surface area contributed by atoms with Crippen molar-refractivity contribution in [3.8, 4) is 6.01 Å². The number of ether oxygens (including phenoxy) is 1. The summed E-state index contributed by atoms with van der Waals surface area (Å²) in [7, 11) is 3.36. The van der Waals surface area contributed by atoms with Crippen LogP contribution in [0, 0.1) is 5.92 Å². The summed E-state index contributed by atoms with van der Waals surface area (Å²) < 4.78 is 5.12. The van der Waals surface area contributed by atoms with Gasteiger partial charge in [0.25, 0.3) is 0 Å². The summed E-state index contributed by atoms with van der Waals surface area (Å²) in [5.74, 6) is 2.01. The number of piperidine rings is 1. The summed E-state index contributed by atoms with van der Waals surface area (Å²) in [5, 5.41) is 2.94. The summed E-state index contributed by atoms with van der Waals surface area (Å²) in [6.45, 7) is 5.49. The van der Waals surface area contributed by atoms with Gasteiger partial charge in [-0.15, -0.1) is 0 Å². The van der Waals surface area contributed by atoms with Gasteiger partial charge in [-0.1, -0.05) is 6.92 Å². The standard InChI is InChI=1S/C12H21N5O/c1-8-5-6-17(9(2)7-8)11-14-10(13-3)15-12(16-11)18-4/h8-9H,5-7H2,1-4H3,(H,13,14,15,16). The van der Waals surface area contributed by atoms with Crippen molar-refractivity contribution < 1.29 is 4.74 Å². The fourth-order valence-corrected chi connectivity index (χ4v) is 2.38. The molecule has 6 heteroatoms. The number of hydrogen-bond donors (Lipinski definition) is 1. The van der Waals surface area contributed by atoms with Crippen molar-refractivity contribution in [1.82, 2.24) is 15.0 Å². The molecule has 2 rings (SSSR count). The zero-order valence-corrected chi connectivity index (χ0v) is 11.5. The van der Waals surface area contributed by atoms with Gasteiger partial charge in [0.05, 0.1) is 7.11 Å². The Morgan fingerprint density at radius 3 is 2.67 bits per heavy atom. The Kier molecular flexibility index (Phi) is 3.84. The first-order valence-corrected chi connectivity index (χ1v) is 6.38. The van der Waals surface area contributed by atoms with Crippen LogP contribution in [0.25, 0.3) is 0 Å². The first kappa shape index (κ1) is 12.9. The Morgan fingerprint density at radius 2 is 2.06 bits per heavy atom. The maximum absolute atomic E-state index is 5.12. The predicted octanol–water partition coefficient (Wildman–Crippen LogP) is 1.55. The fraction of sp³-hybridized carbons (Fsp3) is 0.750. The Hall–Kier alpha value is -1.59. The molecule has 1 aromatic heterocycles. The van der Waals surface area contributed by atoms with Gasteiger partial charge in [0.2, 0.25) is 11.9 Å². The summed E-state index contributed by atoms with van der Waals surface area (Å²) in [6, 6.07) is 0.806. The number of rotatable bonds is 3. The number of nitrogens with zero attached hydrogens (tertiary/aromatic N) is 4. The second-order valence-corrected chi connectivity index (χ2v) is 4.87. The highest BCUT2D eigenvalue weighted by molar-refractivity contribution is 5.39. The molecule has 2 heterocycles. The molecule has 6 nitrogen and oxygen atoms in total. The molecule has 2 atom stereocenters. The van der Waals surface area contributed by atoms with Crippen molar-refractivity contribution in [3.63, 3.8) is 0 Å². The Morgan fingerprint density at radius 1 is 1.28 bits per heavy atom. The number of hydrogen-bond acceptors (Lipinski definition) is 6. The van der Waals surface area contributed by atoms with Gasteiger partial charge < -0.3 is 15.0 Å². The van der Waals surface area contributed by atoms with Gasteiger partial charge in [0.15, 0.2) is 0 Å². The summed E-state index contributed by atoms with van der Waals surface area (Å²) in [6.07, 6.45) is 2.34.